The normalized spacial score (nSPS) is 15.4. The Morgan fingerprint density at radius 2 is 1.96 bits per heavy atom. The lowest BCUT2D eigenvalue weighted by Gasteiger charge is -2.29. The molecule has 1 aromatic carbocycles. The molecule has 24 heavy (non-hydrogen) atoms. The molecule has 132 valence electrons. The van der Waals surface area contributed by atoms with E-state index in [0.29, 0.717) is 25.9 Å². The van der Waals surface area contributed by atoms with Crippen molar-refractivity contribution in [2.45, 2.75) is 31.7 Å². The van der Waals surface area contributed by atoms with Gasteiger partial charge >= 0.3 is 12.3 Å². The number of hydrogen-bond donors (Lipinski definition) is 1. The molecule has 1 aliphatic heterocycles. The molecule has 1 fully saturated rings. The lowest BCUT2D eigenvalue weighted by Crippen LogP contribution is -2.43. The van der Waals surface area contributed by atoms with Crippen molar-refractivity contribution < 1.29 is 22.7 Å². The van der Waals surface area contributed by atoms with E-state index >= 15 is 0 Å². The van der Waals surface area contributed by atoms with Gasteiger partial charge in [-0.1, -0.05) is 0 Å². The van der Waals surface area contributed by atoms with Gasteiger partial charge in [0.25, 0.3) is 0 Å². The Hall–Kier alpha value is -1.98. The minimum atomic E-state index is -4.56. The molecule has 0 bridgehead atoms. The number of nitrogens with two attached hydrogens (primary N) is 1. The number of likely N-dealkylation sites (tertiary alicyclic amines) is 1. The van der Waals surface area contributed by atoms with Gasteiger partial charge in [0.2, 0.25) is 0 Å². The van der Waals surface area contributed by atoms with Crippen LogP contribution in [0.3, 0.4) is 0 Å². The number of ether oxygens (including phenoxy) is 1. The van der Waals surface area contributed by atoms with E-state index in [1.54, 1.807) is 6.07 Å². The fourth-order valence-electron chi connectivity index (χ4n) is 2.32. The Kier molecular flexibility index (Phi) is 6.87. The molecule has 0 spiro atoms. The number of benzene rings is 1. The highest BCUT2D eigenvalue weighted by atomic mass is 35.5. The summed E-state index contributed by atoms with van der Waals surface area (Å²) >= 11 is 0. The van der Waals surface area contributed by atoms with E-state index in [-0.39, 0.29) is 36.2 Å². The molecule has 2 N–H and O–H groups in total. The number of alkyl halides is 3. The minimum Gasteiger partial charge on any atom is -0.445 e. The van der Waals surface area contributed by atoms with Gasteiger partial charge in [0.05, 0.1) is 17.2 Å². The van der Waals surface area contributed by atoms with E-state index in [9.17, 15) is 18.0 Å². The largest absolute Gasteiger partial charge is 0.445 e. The molecule has 5 nitrogen and oxygen atoms in total. The molecule has 0 unspecified atom stereocenters. The molecular weight excluding hydrogens is 347 g/mol. The Labute approximate surface area is 143 Å². The summed E-state index contributed by atoms with van der Waals surface area (Å²) in [4.78, 5) is 13.4. The molecule has 0 saturated carbocycles. The molecule has 0 atom stereocenters. The first-order valence-corrected chi connectivity index (χ1v) is 7.08. The number of carbonyl (C=O) groups excluding carboxylic acids is 1. The van der Waals surface area contributed by atoms with Crippen LogP contribution in [0, 0.1) is 11.3 Å². The fraction of sp³-hybridized carbons (Fsp3) is 0.467. The van der Waals surface area contributed by atoms with E-state index in [2.05, 4.69) is 0 Å². The van der Waals surface area contributed by atoms with Crippen LogP contribution in [-0.4, -0.2) is 30.1 Å². The summed E-state index contributed by atoms with van der Waals surface area (Å²) in [5.74, 6) is 0. The molecule has 1 heterocycles. The van der Waals surface area contributed by atoms with Gasteiger partial charge in [-0.3, -0.25) is 0 Å². The first kappa shape index (κ1) is 20.1. The Morgan fingerprint density at radius 3 is 2.50 bits per heavy atom. The van der Waals surface area contributed by atoms with Crippen LogP contribution in [0.15, 0.2) is 18.2 Å². The molecule has 9 heteroatoms. The standard InChI is InChI=1S/C15H16F3N3O2.ClH/c16-15(17,18)12-6-10(8-19)5-11(7-12)9-23-14(22)21-3-1-13(20)2-4-21;/h5-7,13H,1-4,9,20H2;1H. The molecule has 1 aliphatic rings. The highest BCUT2D eigenvalue weighted by molar-refractivity contribution is 5.85. The Balaban J connectivity index is 0.00000288. The third-order valence-corrected chi connectivity index (χ3v) is 3.61. The topological polar surface area (TPSA) is 79.3 Å². The predicted octanol–water partition coefficient (Wildman–Crippen LogP) is 3.06. The lowest BCUT2D eigenvalue weighted by molar-refractivity contribution is -0.137. The predicted molar refractivity (Wildman–Crippen MR) is 82.4 cm³/mol. The average Bonchev–Trinajstić information content (AvgIpc) is 2.52. The maximum atomic E-state index is 12.8. The van der Waals surface area contributed by atoms with Crippen molar-refractivity contribution in [3.05, 3.63) is 34.9 Å². The first-order chi connectivity index (χ1) is 10.8. The summed E-state index contributed by atoms with van der Waals surface area (Å²) < 4.78 is 43.4. The molecule has 1 aromatic rings. The summed E-state index contributed by atoms with van der Waals surface area (Å²) in [7, 11) is 0. The van der Waals surface area contributed by atoms with Crippen LogP contribution in [0.5, 0.6) is 0 Å². The van der Waals surface area contributed by atoms with E-state index in [0.717, 1.165) is 12.1 Å². The molecule has 0 aromatic heterocycles. The number of carbonyl (C=O) groups is 1. The number of hydrogen-bond acceptors (Lipinski definition) is 4. The van der Waals surface area contributed by atoms with Gasteiger partial charge in [-0.25, -0.2) is 4.79 Å². The van der Waals surface area contributed by atoms with Crippen molar-refractivity contribution in [2.24, 2.45) is 5.73 Å². The van der Waals surface area contributed by atoms with E-state index in [1.165, 1.54) is 11.0 Å². The van der Waals surface area contributed by atoms with Gasteiger partial charge in [-0.05, 0) is 36.6 Å². The second-order valence-electron chi connectivity index (χ2n) is 5.41. The van der Waals surface area contributed by atoms with Crippen LogP contribution >= 0.6 is 12.4 Å². The average molecular weight is 364 g/mol. The zero-order valence-electron chi connectivity index (χ0n) is 12.7. The Bertz CT molecular complexity index is 623. The van der Waals surface area contributed by atoms with Crippen molar-refractivity contribution in [1.82, 2.24) is 4.90 Å². The highest BCUT2D eigenvalue weighted by Crippen LogP contribution is 2.30. The quantitative estimate of drug-likeness (QED) is 0.875. The number of amides is 1. The second-order valence-corrected chi connectivity index (χ2v) is 5.41. The maximum Gasteiger partial charge on any atom is 0.416 e. The first-order valence-electron chi connectivity index (χ1n) is 7.08. The van der Waals surface area contributed by atoms with Gasteiger partial charge in [0.1, 0.15) is 6.61 Å². The van der Waals surface area contributed by atoms with E-state index < -0.39 is 17.8 Å². The zero-order chi connectivity index (χ0) is 17.0. The van der Waals surface area contributed by atoms with E-state index in [1.807, 2.05) is 0 Å². The van der Waals surface area contributed by atoms with Crippen molar-refractivity contribution in [3.63, 3.8) is 0 Å². The fourth-order valence-corrected chi connectivity index (χ4v) is 2.32. The molecule has 0 radical (unpaired) electrons. The van der Waals surface area contributed by atoms with Crippen molar-refractivity contribution >= 4 is 18.5 Å². The smallest absolute Gasteiger partial charge is 0.416 e. The highest BCUT2D eigenvalue weighted by Gasteiger charge is 2.31. The van der Waals surface area contributed by atoms with Crippen LogP contribution in [0.1, 0.15) is 29.5 Å². The second kappa shape index (κ2) is 8.22. The lowest BCUT2D eigenvalue weighted by atomic mass is 10.1. The summed E-state index contributed by atoms with van der Waals surface area (Å²) in [6.07, 6.45) is -3.82. The molecule has 1 saturated heterocycles. The number of piperidine rings is 1. The van der Waals surface area contributed by atoms with Gasteiger partial charge in [-0.2, -0.15) is 18.4 Å². The van der Waals surface area contributed by atoms with Crippen LogP contribution in [0.2, 0.25) is 0 Å². The monoisotopic (exact) mass is 363 g/mol. The van der Waals surface area contributed by atoms with Crippen molar-refractivity contribution in [1.29, 1.82) is 5.26 Å². The maximum absolute atomic E-state index is 12.8. The van der Waals surface area contributed by atoms with Gasteiger partial charge in [0, 0.05) is 19.1 Å². The summed E-state index contributed by atoms with van der Waals surface area (Å²) in [6.45, 7) is 0.609. The molecule has 0 aliphatic carbocycles. The molecule has 1 amide bonds. The van der Waals surface area contributed by atoms with Gasteiger partial charge < -0.3 is 15.4 Å². The molecular formula is C15H17ClF3N3O2. The minimum absolute atomic E-state index is 0. The van der Waals surface area contributed by atoms with Gasteiger partial charge in [0.15, 0.2) is 0 Å². The third-order valence-electron chi connectivity index (χ3n) is 3.61. The van der Waals surface area contributed by atoms with Crippen LogP contribution < -0.4 is 5.73 Å². The van der Waals surface area contributed by atoms with Crippen molar-refractivity contribution in [3.8, 4) is 6.07 Å². The number of halogens is 4. The Morgan fingerprint density at radius 1 is 1.33 bits per heavy atom. The SMILES string of the molecule is Cl.N#Cc1cc(COC(=O)N2CCC(N)CC2)cc(C(F)(F)F)c1. The van der Waals surface area contributed by atoms with Crippen LogP contribution in [0.4, 0.5) is 18.0 Å². The summed E-state index contributed by atoms with van der Waals surface area (Å²) in [5, 5.41) is 8.81. The van der Waals surface area contributed by atoms with Crippen LogP contribution in [0.25, 0.3) is 0 Å². The number of nitriles is 1. The summed E-state index contributed by atoms with van der Waals surface area (Å²) in [5.41, 5.74) is 4.79. The van der Waals surface area contributed by atoms with Crippen LogP contribution in [-0.2, 0) is 17.5 Å². The number of nitrogens with zero attached hydrogens (tertiary/aromatic N) is 2. The van der Waals surface area contributed by atoms with Crippen molar-refractivity contribution in [2.75, 3.05) is 13.1 Å². The number of rotatable bonds is 2. The summed E-state index contributed by atoms with van der Waals surface area (Å²) in [6, 6.07) is 4.64. The molecule has 2 rings (SSSR count). The zero-order valence-corrected chi connectivity index (χ0v) is 13.5. The van der Waals surface area contributed by atoms with Gasteiger partial charge in [-0.15, -0.1) is 12.4 Å². The van der Waals surface area contributed by atoms with E-state index in [4.69, 9.17) is 15.7 Å². The third kappa shape index (κ3) is 5.28.